The number of nitrogens with zero attached hydrogens (tertiary/aromatic N) is 2. The zero-order valence-corrected chi connectivity index (χ0v) is 20.6. The number of ether oxygens (including phenoxy) is 1. The molecule has 0 aliphatic carbocycles. The van der Waals surface area contributed by atoms with Crippen LogP contribution in [0, 0.1) is 11.8 Å². The smallest absolute Gasteiger partial charge is 0.240 e. The van der Waals surface area contributed by atoms with Crippen LogP contribution in [0.5, 0.6) is 5.75 Å². The number of halogens is 2. The Kier molecular flexibility index (Phi) is 5.39. The minimum absolute atomic E-state index is 0.197. The van der Waals surface area contributed by atoms with E-state index in [0.29, 0.717) is 16.3 Å². The Hall–Kier alpha value is -3.61. The summed E-state index contributed by atoms with van der Waals surface area (Å²) in [6.07, 6.45) is 3.75. The second-order valence-electron chi connectivity index (χ2n) is 9.03. The first-order valence-electron chi connectivity index (χ1n) is 11.5. The van der Waals surface area contributed by atoms with Crippen LogP contribution >= 0.6 is 23.2 Å². The monoisotopic (exact) mass is 518 g/mol. The Bertz CT molecular complexity index is 1450. The molecule has 8 heteroatoms. The third kappa shape index (κ3) is 3.29. The van der Waals surface area contributed by atoms with Gasteiger partial charge in [-0.25, -0.2) is 4.90 Å². The molecule has 2 saturated heterocycles. The van der Waals surface area contributed by atoms with E-state index in [0.717, 1.165) is 16.0 Å². The lowest BCUT2D eigenvalue weighted by Crippen LogP contribution is -2.44. The number of amides is 2. The third-order valence-corrected chi connectivity index (χ3v) is 7.79. The number of imide groups is 1. The second-order valence-corrected chi connectivity index (χ2v) is 9.88. The van der Waals surface area contributed by atoms with Crippen LogP contribution in [0.2, 0.25) is 10.0 Å². The van der Waals surface area contributed by atoms with E-state index >= 15 is 0 Å². The van der Waals surface area contributed by atoms with Crippen molar-refractivity contribution in [2.24, 2.45) is 11.8 Å². The van der Waals surface area contributed by atoms with Crippen molar-refractivity contribution < 1.29 is 19.1 Å². The van der Waals surface area contributed by atoms with Gasteiger partial charge in [-0.05, 0) is 59.7 Å². The maximum absolute atomic E-state index is 13.9. The number of carbonyl (C=O) groups excluding carboxylic acids is 3. The summed E-state index contributed by atoms with van der Waals surface area (Å²) in [5.41, 5.74) is 2.58. The number of hydrogen-bond acceptors (Lipinski definition) is 5. The third-order valence-electron chi connectivity index (χ3n) is 7.26. The summed E-state index contributed by atoms with van der Waals surface area (Å²) in [6, 6.07) is 17.8. The molecule has 3 heterocycles. The SMILES string of the molecule is COc1ccc(C(=O)[C@@H]2[C@@H]3C(=O)N(c4ccc(Cl)cc4Cl)C(=O)[C@@H]3C3c4ccccc4C=CN32)cc1. The molecule has 0 saturated carbocycles. The van der Waals surface area contributed by atoms with E-state index in [1.165, 1.54) is 6.07 Å². The fourth-order valence-corrected chi connectivity index (χ4v) is 6.18. The van der Waals surface area contributed by atoms with Crippen molar-refractivity contribution in [3.63, 3.8) is 0 Å². The molecule has 3 aliphatic heterocycles. The van der Waals surface area contributed by atoms with E-state index in [1.807, 2.05) is 41.4 Å². The standard InChI is InChI=1S/C28H20Cl2N2O4/c1-36-18-9-6-16(7-10-18)26(33)25-23-22(24-19-5-3-2-4-15(19)12-13-31(24)25)27(34)32(28(23)35)21-11-8-17(29)14-20(21)30/h2-14,22-25H,1H3/t22-,23+,24?,25-/m0/s1. The van der Waals surface area contributed by atoms with Gasteiger partial charge in [0.25, 0.3) is 0 Å². The van der Waals surface area contributed by atoms with Crippen LogP contribution in [0.25, 0.3) is 6.08 Å². The average Bonchev–Trinajstić information content (AvgIpc) is 3.36. The van der Waals surface area contributed by atoms with E-state index in [-0.39, 0.29) is 22.4 Å². The number of benzene rings is 3. The Morgan fingerprint density at radius 1 is 0.917 bits per heavy atom. The van der Waals surface area contributed by atoms with Crippen molar-refractivity contribution in [3.05, 3.63) is 99.7 Å². The molecule has 2 fully saturated rings. The Labute approximate surface area is 217 Å². The van der Waals surface area contributed by atoms with Gasteiger partial charge in [-0.3, -0.25) is 14.4 Å². The van der Waals surface area contributed by atoms with Crippen molar-refractivity contribution in [3.8, 4) is 5.75 Å². The average molecular weight is 519 g/mol. The van der Waals surface area contributed by atoms with Gasteiger partial charge in [0, 0.05) is 16.8 Å². The highest BCUT2D eigenvalue weighted by Gasteiger charge is 2.64. The van der Waals surface area contributed by atoms with Gasteiger partial charge in [-0.2, -0.15) is 0 Å². The number of ketones is 1. The van der Waals surface area contributed by atoms with Gasteiger partial charge in [-0.15, -0.1) is 0 Å². The highest BCUT2D eigenvalue weighted by Crippen LogP contribution is 2.54. The summed E-state index contributed by atoms with van der Waals surface area (Å²) in [5, 5.41) is 0.594. The lowest BCUT2D eigenvalue weighted by atomic mass is 9.83. The molecule has 2 amide bonds. The minimum atomic E-state index is -0.875. The zero-order chi connectivity index (χ0) is 25.1. The van der Waals surface area contributed by atoms with Crippen molar-refractivity contribution in [1.29, 1.82) is 0 Å². The summed E-state index contributed by atoms with van der Waals surface area (Å²) >= 11 is 12.5. The fraction of sp³-hybridized carbons (Fsp3) is 0.179. The first kappa shape index (κ1) is 22.8. The van der Waals surface area contributed by atoms with Crippen LogP contribution in [-0.4, -0.2) is 35.6 Å². The molecular formula is C28H20Cl2N2O4. The number of methoxy groups -OCH3 is 1. The molecule has 0 spiro atoms. The lowest BCUT2D eigenvalue weighted by Gasteiger charge is -2.35. The molecule has 6 rings (SSSR count). The number of carbonyl (C=O) groups is 3. The predicted molar refractivity (Wildman–Crippen MR) is 137 cm³/mol. The molecule has 0 N–H and O–H groups in total. The van der Waals surface area contributed by atoms with Crippen LogP contribution in [0.15, 0.2) is 72.9 Å². The van der Waals surface area contributed by atoms with E-state index < -0.39 is 29.8 Å². The molecule has 180 valence electrons. The predicted octanol–water partition coefficient (Wildman–Crippen LogP) is 5.40. The summed E-state index contributed by atoms with van der Waals surface area (Å²) in [7, 11) is 1.55. The quantitative estimate of drug-likeness (QED) is 0.341. The normalized spacial score (nSPS) is 24.0. The van der Waals surface area contributed by atoms with Crippen LogP contribution in [0.3, 0.4) is 0 Å². The Morgan fingerprint density at radius 2 is 1.64 bits per heavy atom. The van der Waals surface area contributed by atoms with Gasteiger partial charge in [0.15, 0.2) is 5.78 Å². The Morgan fingerprint density at radius 3 is 2.36 bits per heavy atom. The number of fused-ring (bicyclic) bond motifs is 5. The van der Waals surface area contributed by atoms with E-state index in [1.54, 1.807) is 43.5 Å². The first-order valence-corrected chi connectivity index (χ1v) is 12.2. The van der Waals surface area contributed by atoms with Crippen molar-refractivity contribution >= 4 is 52.6 Å². The molecule has 3 aliphatic rings. The van der Waals surface area contributed by atoms with E-state index in [9.17, 15) is 14.4 Å². The topological polar surface area (TPSA) is 66.9 Å². The molecule has 0 radical (unpaired) electrons. The molecule has 1 unspecified atom stereocenters. The highest BCUT2D eigenvalue weighted by molar-refractivity contribution is 6.38. The van der Waals surface area contributed by atoms with Crippen molar-refractivity contribution in [2.75, 3.05) is 12.0 Å². The number of rotatable bonds is 4. The van der Waals surface area contributed by atoms with Crippen LogP contribution in [0.1, 0.15) is 27.5 Å². The molecule has 36 heavy (non-hydrogen) atoms. The van der Waals surface area contributed by atoms with Crippen molar-refractivity contribution in [1.82, 2.24) is 4.90 Å². The summed E-state index contributed by atoms with van der Waals surface area (Å²) in [5.74, 6) is -2.05. The van der Waals surface area contributed by atoms with E-state index in [4.69, 9.17) is 27.9 Å². The number of hydrogen-bond donors (Lipinski definition) is 0. The van der Waals surface area contributed by atoms with Gasteiger partial charge in [0.05, 0.1) is 35.7 Å². The van der Waals surface area contributed by atoms with Gasteiger partial charge < -0.3 is 9.64 Å². The molecule has 0 bridgehead atoms. The summed E-state index contributed by atoms with van der Waals surface area (Å²) in [6.45, 7) is 0. The van der Waals surface area contributed by atoms with Crippen LogP contribution in [0.4, 0.5) is 5.69 Å². The van der Waals surface area contributed by atoms with Crippen molar-refractivity contribution in [2.45, 2.75) is 12.1 Å². The highest BCUT2D eigenvalue weighted by atomic mass is 35.5. The van der Waals surface area contributed by atoms with E-state index in [2.05, 4.69) is 0 Å². The molecule has 3 aromatic rings. The number of anilines is 1. The largest absolute Gasteiger partial charge is 0.497 e. The summed E-state index contributed by atoms with van der Waals surface area (Å²) < 4.78 is 5.22. The van der Waals surface area contributed by atoms with Gasteiger partial charge in [-0.1, -0.05) is 47.5 Å². The van der Waals surface area contributed by atoms with Gasteiger partial charge >= 0.3 is 0 Å². The minimum Gasteiger partial charge on any atom is -0.497 e. The molecule has 6 nitrogen and oxygen atoms in total. The van der Waals surface area contributed by atoms with Gasteiger partial charge in [0.2, 0.25) is 11.8 Å². The Balaban J connectivity index is 1.49. The van der Waals surface area contributed by atoms with Gasteiger partial charge in [0.1, 0.15) is 11.8 Å². The first-order chi connectivity index (χ1) is 17.4. The molecular weight excluding hydrogens is 499 g/mol. The molecule has 0 aromatic heterocycles. The molecule has 3 aromatic carbocycles. The van der Waals surface area contributed by atoms with Crippen LogP contribution in [-0.2, 0) is 9.59 Å². The van der Waals surface area contributed by atoms with Crippen LogP contribution < -0.4 is 9.64 Å². The maximum Gasteiger partial charge on any atom is 0.240 e. The number of Topliss-reactive ketones (excluding diaryl/α,β-unsaturated/α-hetero) is 1. The molecule has 4 atom stereocenters. The fourth-order valence-electron chi connectivity index (χ4n) is 5.68. The lowest BCUT2D eigenvalue weighted by molar-refractivity contribution is -0.123. The maximum atomic E-state index is 13.9. The second kappa shape index (κ2) is 8.50. The summed E-state index contributed by atoms with van der Waals surface area (Å²) in [4.78, 5) is 44.8. The zero-order valence-electron chi connectivity index (χ0n) is 19.1.